The van der Waals surface area contributed by atoms with Gasteiger partial charge in [0, 0.05) is 12.1 Å². The summed E-state index contributed by atoms with van der Waals surface area (Å²) in [5, 5.41) is 9.72. The van der Waals surface area contributed by atoms with Gasteiger partial charge in [-0.15, -0.1) is 0 Å². The van der Waals surface area contributed by atoms with Gasteiger partial charge in [0.2, 0.25) is 0 Å². The van der Waals surface area contributed by atoms with Crippen molar-refractivity contribution in [2.75, 3.05) is 13.1 Å². The summed E-state index contributed by atoms with van der Waals surface area (Å²) in [6, 6.07) is 7.64. The Balaban J connectivity index is 1.95. The summed E-state index contributed by atoms with van der Waals surface area (Å²) in [4.78, 5) is 2.43. The molecule has 1 saturated heterocycles. The molecule has 1 N–H and O–H groups in total. The van der Waals surface area contributed by atoms with Gasteiger partial charge in [-0.05, 0) is 37.4 Å². The van der Waals surface area contributed by atoms with Crippen molar-refractivity contribution in [3.05, 3.63) is 29.8 Å². The normalized spacial score (nSPS) is 20.9. The molecule has 1 aliphatic heterocycles. The Morgan fingerprint density at radius 2 is 1.81 bits per heavy atom. The summed E-state index contributed by atoms with van der Waals surface area (Å²) in [6.45, 7) is 7.83. The monoisotopic (exact) mass is 219 g/mol. The van der Waals surface area contributed by atoms with Crippen LogP contribution in [-0.2, 0) is 6.54 Å². The van der Waals surface area contributed by atoms with E-state index in [4.69, 9.17) is 0 Å². The van der Waals surface area contributed by atoms with Crippen LogP contribution in [0.3, 0.4) is 0 Å². The molecule has 88 valence electrons. The molecule has 2 heteroatoms. The van der Waals surface area contributed by atoms with E-state index >= 15 is 0 Å². The van der Waals surface area contributed by atoms with Gasteiger partial charge in [0.05, 0.1) is 0 Å². The fraction of sp³-hybridized carbons (Fsp3) is 0.571. The predicted molar refractivity (Wildman–Crippen MR) is 66.4 cm³/mol. The van der Waals surface area contributed by atoms with E-state index in [2.05, 4.69) is 18.7 Å². The summed E-state index contributed by atoms with van der Waals surface area (Å²) >= 11 is 0. The zero-order chi connectivity index (χ0) is 11.6. The molecule has 1 aromatic rings. The molecule has 2 rings (SSSR count). The summed E-state index contributed by atoms with van der Waals surface area (Å²) in [7, 11) is 0. The number of aromatic hydroxyl groups is 1. The average Bonchev–Trinajstić information content (AvgIpc) is 2.24. The Morgan fingerprint density at radius 3 is 2.44 bits per heavy atom. The Kier molecular flexibility index (Phi) is 3.20. The minimum absolute atomic E-state index is 0.423. The zero-order valence-electron chi connectivity index (χ0n) is 10.2. The highest BCUT2D eigenvalue weighted by Crippen LogP contribution is 2.31. The lowest BCUT2D eigenvalue weighted by atomic mass is 9.82. The topological polar surface area (TPSA) is 23.5 Å². The van der Waals surface area contributed by atoms with Gasteiger partial charge < -0.3 is 5.11 Å². The van der Waals surface area contributed by atoms with Crippen molar-refractivity contribution < 1.29 is 5.11 Å². The van der Waals surface area contributed by atoms with E-state index in [1.54, 1.807) is 6.07 Å². The van der Waals surface area contributed by atoms with Gasteiger partial charge >= 0.3 is 0 Å². The maximum atomic E-state index is 9.72. The molecule has 2 nitrogen and oxygen atoms in total. The lowest BCUT2D eigenvalue weighted by molar-refractivity contribution is 0.126. The van der Waals surface area contributed by atoms with E-state index in [1.807, 2.05) is 18.2 Å². The first-order valence-corrected chi connectivity index (χ1v) is 6.06. The molecule has 16 heavy (non-hydrogen) atoms. The molecule has 0 unspecified atom stereocenters. The van der Waals surface area contributed by atoms with Crippen molar-refractivity contribution in [1.29, 1.82) is 0 Å². The van der Waals surface area contributed by atoms with Crippen LogP contribution >= 0.6 is 0 Å². The Hall–Kier alpha value is -1.02. The average molecular weight is 219 g/mol. The largest absolute Gasteiger partial charge is 0.508 e. The Labute approximate surface area is 97.9 Å². The molecule has 0 spiro atoms. The lowest BCUT2D eigenvalue weighted by Gasteiger charge is -2.36. The van der Waals surface area contributed by atoms with E-state index in [0.29, 0.717) is 11.2 Å². The van der Waals surface area contributed by atoms with Crippen molar-refractivity contribution >= 4 is 0 Å². The van der Waals surface area contributed by atoms with Crippen LogP contribution in [0.4, 0.5) is 0 Å². The number of phenolic OH excluding ortho intramolecular Hbond substituents is 1. The number of piperidine rings is 1. The minimum Gasteiger partial charge on any atom is -0.508 e. The van der Waals surface area contributed by atoms with Gasteiger partial charge in [-0.2, -0.15) is 0 Å². The number of phenols is 1. The third-order valence-corrected chi connectivity index (χ3v) is 3.60. The lowest BCUT2D eigenvalue weighted by Crippen LogP contribution is -2.36. The van der Waals surface area contributed by atoms with Crippen molar-refractivity contribution in [3.63, 3.8) is 0 Å². The first kappa shape index (κ1) is 11.5. The van der Waals surface area contributed by atoms with Crippen LogP contribution in [0.25, 0.3) is 0 Å². The molecule has 0 atom stereocenters. The first-order chi connectivity index (χ1) is 7.57. The number of nitrogens with zero attached hydrogens (tertiary/aromatic N) is 1. The summed E-state index contributed by atoms with van der Waals surface area (Å²) < 4.78 is 0. The van der Waals surface area contributed by atoms with Crippen molar-refractivity contribution in [2.24, 2.45) is 5.41 Å². The molecule has 1 fully saturated rings. The number of hydrogen-bond acceptors (Lipinski definition) is 2. The van der Waals surface area contributed by atoms with Crippen LogP contribution in [0.2, 0.25) is 0 Å². The fourth-order valence-electron chi connectivity index (χ4n) is 2.20. The van der Waals surface area contributed by atoms with Gasteiger partial charge in [-0.3, -0.25) is 4.90 Å². The van der Waals surface area contributed by atoms with Crippen LogP contribution in [0, 0.1) is 5.41 Å². The summed E-state index contributed by atoms with van der Waals surface area (Å²) in [5.74, 6) is 0.423. The third-order valence-electron chi connectivity index (χ3n) is 3.60. The van der Waals surface area contributed by atoms with Crippen LogP contribution in [0.15, 0.2) is 24.3 Å². The van der Waals surface area contributed by atoms with E-state index in [9.17, 15) is 5.11 Å². The van der Waals surface area contributed by atoms with Gasteiger partial charge in [0.25, 0.3) is 0 Å². The molecule has 0 saturated carbocycles. The molecule has 1 aromatic carbocycles. The molecule has 0 amide bonds. The number of para-hydroxylation sites is 1. The van der Waals surface area contributed by atoms with Crippen molar-refractivity contribution in [3.8, 4) is 5.75 Å². The molecular formula is C14H21NO. The quantitative estimate of drug-likeness (QED) is 0.826. The Bertz CT molecular complexity index is 350. The van der Waals surface area contributed by atoms with E-state index < -0.39 is 0 Å². The highest BCUT2D eigenvalue weighted by atomic mass is 16.3. The van der Waals surface area contributed by atoms with Crippen LogP contribution in [0.1, 0.15) is 32.3 Å². The highest BCUT2D eigenvalue weighted by molar-refractivity contribution is 5.31. The summed E-state index contributed by atoms with van der Waals surface area (Å²) in [6.07, 6.45) is 2.50. The standard InChI is InChI=1S/C14H21NO/c1-14(2)7-9-15(10-8-14)11-12-5-3-4-6-13(12)16/h3-6,16H,7-11H2,1-2H3. The van der Waals surface area contributed by atoms with E-state index in [-0.39, 0.29) is 0 Å². The fourth-order valence-corrected chi connectivity index (χ4v) is 2.20. The van der Waals surface area contributed by atoms with E-state index in [0.717, 1.165) is 25.2 Å². The molecule has 1 heterocycles. The summed E-state index contributed by atoms with van der Waals surface area (Å²) in [5.41, 5.74) is 1.54. The predicted octanol–water partition coefficient (Wildman–Crippen LogP) is 3.01. The second kappa shape index (κ2) is 4.46. The SMILES string of the molecule is CC1(C)CCN(Cc2ccccc2O)CC1. The maximum absolute atomic E-state index is 9.72. The molecule has 0 aromatic heterocycles. The van der Waals surface area contributed by atoms with Gasteiger partial charge in [0.15, 0.2) is 0 Å². The number of likely N-dealkylation sites (tertiary alicyclic amines) is 1. The van der Waals surface area contributed by atoms with Crippen LogP contribution in [-0.4, -0.2) is 23.1 Å². The molecule has 0 radical (unpaired) electrons. The van der Waals surface area contributed by atoms with Gasteiger partial charge in [-0.1, -0.05) is 32.0 Å². The number of benzene rings is 1. The zero-order valence-corrected chi connectivity index (χ0v) is 10.2. The number of rotatable bonds is 2. The van der Waals surface area contributed by atoms with Crippen molar-refractivity contribution in [2.45, 2.75) is 33.2 Å². The van der Waals surface area contributed by atoms with E-state index in [1.165, 1.54) is 12.8 Å². The molecule has 0 aliphatic carbocycles. The number of hydrogen-bond donors (Lipinski definition) is 1. The second-order valence-electron chi connectivity index (χ2n) is 5.57. The highest BCUT2D eigenvalue weighted by Gasteiger charge is 2.25. The Morgan fingerprint density at radius 1 is 1.19 bits per heavy atom. The first-order valence-electron chi connectivity index (χ1n) is 6.06. The minimum atomic E-state index is 0.423. The van der Waals surface area contributed by atoms with Crippen molar-refractivity contribution in [1.82, 2.24) is 4.90 Å². The van der Waals surface area contributed by atoms with Gasteiger partial charge in [0.1, 0.15) is 5.75 Å². The molecule has 1 aliphatic rings. The van der Waals surface area contributed by atoms with Gasteiger partial charge in [-0.25, -0.2) is 0 Å². The maximum Gasteiger partial charge on any atom is 0.120 e. The second-order valence-corrected chi connectivity index (χ2v) is 5.57. The molecule has 0 bridgehead atoms. The smallest absolute Gasteiger partial charge is 0.120 e. The van der Waals surface area contributed by atoms with Crippen LogP contribution in [0.5, 0.6) is 5.75 Å². The molecular weight excluding hydrogens is 198 g/mol. The third kappa shape index (κ3) is 2.76. The van der Waals surface area contributed by atoms with Crippen LogP contribution < -0.4 is 0 Å².